The number of hydrogen-bond acceptors (Lipinski definition) is 2. The fraction of sp³-hybridized carbons (Fsp3) is 0.471. The second kappa shape index (κ2) is 7.60. The summed E-state index contributed by atoms with van der Waals surface area (Å²) in [5.74, 6) is 0. The van der Waals surface area contributed by atoms with Gasteiger partial charge < -0.3 is 10.4 Å². The molecule has 3 heteroatoms. The van der Waals surface area contributed by atoms with Crippen LogP contribution in [-0.2, 0) is 0 Å². The second-order valence-electron chi connectivity index (χ2n) is 6.11. The van der Waals surface area contributed by atoms with Crippen molar-refractivity contribution in [3.63, 3.8) is 0 Å². The van der Waals surface area contributed by atoms with E-state index in [0.717, 1.165) is 12.0 Å². The number of rotatable bonds is 7. The van der Waals surface area contributed by atoms with Crippen LogP contribution in [-0.4, -0.2) is 25.8 Å². The van der Waals surface area contributed by atoms with Gasteiger partial charge in [-0.2, -0.15) is 0 Å². The summed E-state index contributed by atoms with van der Waals surface area (Å²) in [5, 5.41) is 14.6. The molecule has 0 saturated carbocycles. The van der Waals surface area contributed by atoms with E-state index in [2.05, 4.69) is 44.2 Å². The van der Waals surface area contributed by atoms with E-state index in [1.165, 1.54) is 5.20 Å². The topological polar surface area (TPSA) is 32.3 Å². The molecule has 0 bridgehead atoms. The molecule has 0 fully saturated rings. The lowest BCUT2D eigenvalue weighted by Crippen LogP contribution is -2.42. The van der Waals surface area contributed by atoms with Gasteiger partial charge in [-0.3, -0.25) is 0 Å². The van der Waals surface area contributed by atoms with Crippen LogP contribution in [0.15, 0.2) is 47.8 Å². The largest absolute Gasteiger partial charge is 0.394 e. The second-order valence-corrected chi connectivity index (χ2v) is 11.2. The normalized spacial score (nSPS) is 14.4. The Morgan fingerprint density at radius 1 is 1.30 bits per heavy atom. The van der Waals surface area contributed by atoms with Gasteiger partial charge in [0.15, 0.2) is 0 Å². The Bertz CT molecular complexity index is 458. The molecule has 0 heterocycles. The first-order chi connectivity index (χ1) is 9.43. The lowest BCUT2D eigenvalue weighted by molar-refractivity contribution is 0.237. The third-order valence-corrected chi connectivity index (χ3v) is 5.68. The Kier molecular flexibility index (Phi) is 6.44. The Labute approximate surface area is 124 Å². The fourth-order valence-corrected chi connectivity index (χ4v) is 4.36. The summed E-state index contributed by atoms with van der Waals surface area (Å²) in [5.41, 5.74) is 4.28. The van der Waals surface area contributed by atoms with Crippen LogP contribution in [0.25, 0.3) is 0 Å². The maximum atomic E-state index is 9.68. The number of aliphatic hydroxyl groups excluding tert-OH is 1. The number of aliphatic hydroxyl groups is 1. The van der Waals surface area contributed by atoms with Crippen LogP contribution in [0.1, 0.15) is 24.9 Å². The molecule has 0 aliphatic heterocycles. The van der Waals surface area contributed by atoms with Gasteiger partial charge in [0, 0.05) is 6.04 Å². The molecular weight excluding hydrogens is 262 g/mol. The van der Waals surface area contributed by atoms with Gasteiger partial charge in [-0.05, 0) is 17.2 Å². The standard InChI is InChI=1S/C17H27NOSi/c1-6-15(17(7-2)20(3,4)5)18-16(13-19)14-11-9-8-10-12-14/h8-12,15-16,18-19H,2,6,13H2,1,3-5H3/t15-,16-/m1/s1. The van der Waals surface area contributed by atoms with Crippen molar-refractivity contribution < 1.29 is 5.11 Å². The van der Waals surface area contributed by atoms with Crippen molar-refractivity contribution in [2.24, 2.45) is 0 Å². The molecule has 0 spiro atoms. The zero-order valence-electron chi connectivity index (χ0n) is 13.1. The van der Waals surface area contributed by atoms with E-state index in [0.29, 0.717) is 0 Å². The Hall–Kier alpha value is -1.12. The molecule has 2 atom stereocenters. The molecule has 0 aliphatic carbocycles. The average molecular weight is 289 g/mol. The minimum atomic E-state index is -1.45. The van der Waals surface area contributed by atoms with Gasteiger partial charge in [0.1, 0.15) is 0 Å². The Morgan fingerprint density at radius 3 is 2.30 bits per heavy atom. The molecule has 1 rings (SSSR count). The summed E-state index contributed by atoms with van der Waals surface area (Å²) >= 11 is 0. The molecular formula is C17H27NOSi. The predicted octanol–water partition coefficient (Wildman–Crippen LogP) is 3.68. The molecule has 110 valence electrons. The molecule has 0 aromatic heterocycles. The van der Waals surface area contributed by atoms with E-state index in [4.69, 9.17) is 0 Å². The highest BCUT2D eigenvalue weighted by Gasteiger charge is 2.27. The molecule has 20 heavy (non-hydrogen) atoms. The van der Waals surface area contributed by atoms with Crippen molar-refractivity contribution in [3.05, 3.63) is 53.4 Å². The van der Waals surface area contributed by atoms with Crippen molar-refractivity contribution >= 4 is 8.07 Å². The van der Waals surface area contributed by atoms with Crippen LogP contribution in [0.5, 0.6) is 0 Å². The summed E-state index contributed by atoms with van der Waals surface area (Å²) in [6, 6.07) is 10.3. The molecule has 0 unspecified atom stereocenters. The van der Waals surface area contributed by atoms with Crippen molar-refractivity contribution in [2.45, 2.75) is 45.1 Å². The van der Waals surface area contributed by atoms with Crippen LogP contribution in [0.3, 0.4) is 0 Å². The van der Waals surface area contributed by atoms with Crippen molar-refractivity contribution in [1.29, 1.82) is 0 Å². The smallest absolute Gasteiger partial charge is 0.0843 e. The van der Waals surface area contributed by atoms with Crippen LogP contribution in [0.4, 0.5) is 0 Å². The van der Waals surface area contributed by atoms with Crippen molar-refractivity contribution in [2.75, 3.05) is 6.61 Å². The third-order valence-electron chi connectivity index (χ3n) is 3.54. The lowest BCUT2D eigenvalue weighted by Gasteiger charge is -2.31. The summed E-state index contributed by atoms with van der Waals surface area (Å²) in [7, 11) is -1.45. The average Bonchev–Trinajstić information content (AvgIpc) is 2.42. The lowest BCUT2D eigenvalue weighted by atomic mass is 10.1. The summed E-state index contributed by atoms with van der Waals surface area (Å²) in [6.07, 6.45) is 0.978. The van der Waals surface area contributed by atoms with E-state index >= 15 is 0 Å². The zero-order chi connectivity index (χ0) is 15.2. The minimum absolute atomic E-state index is 0.0409. The summed E-state index contributed by atoms with van der Waals surface area (Å²) in [6.45, 7) is 13.0. The van der Waals surface area contributed by atoms with Gasteiger partial charge in [-0.1, -0.05) is 63.5 Å². The number of nitrogens with one attached hydrogen (secondary N) is 1. The number of hydrogen-bond donors (Lipinski definition) is 2. The highest BCUT2D eigenvalue weighted by atomic mass is 28.3. The molecule has 1 aromatic rings. The molecule has 0 radical (unpaired) electrons. The quantitative estimate of drug-likeness (QED) is 0.593. The molecule has 0 aliphatic rings. The third kappa shape index (κ3) is 4.46. The van der Waals surface area contributed by atoms with Gasteiger partial charge in [0.25, 0.3) is 0 Å². The van der Waals surface area contributed by atoms with Crippen molar-refractivity contribution in [3.8, 4) is 0 Å². The molecule has 0 amide bonds. The predicted molar refractivity (Wildman–Crippen MR) is 89.5 cm³/mol. The number of benzene rings is 1. The highest BCUT2D eigenvalue weighted by molar-refractivity contribution is 6.83. The molecule has 0 saturated heterocycles. The van der Waals surface area contributed by atoms with Gasteiger partial charge in [0.05, 0.1) is 20.7 Å². The maximum absolute atomic E-state index is 9.68. The van der Waals surface area contributed by atoms with Gasteiger partial charge in [-0.15, -0.1) is 5.73 Å². The summed E-state index contributed by atoms with van der Waals surface area (Å²) < 4.78 is 0. The first-order valence-corrected chi connectivity index (χ1v) is 10.8. The van der Waals surface area contributed by atoms with E-state index in [1.54, 1.807) is 0 Å². The molecule has 2 N–H and O–H groups in total. The Morgan fingerprint density at radius 2 is 1.90 bits per heavy atom. The monoisotopic (exact) mass is 289 g/mol. The van der Waals surface area contributed by atoms with Crippen molar-refractivity contribution in [1.82, 2.24) is 5.32 Å². The van der Waals surface area contributed by atoms with E-state index in [1.807, 2.05) is 30.3 Å². The fourth-order valence-electron chi connectivity index (χ4n) is 2.50. The zero-order valence-corrected chi connectivity index (χ0v) is 14.1. The molecule has 2 nitrogen and oxygen atoms in total. The first-order valence-electron chi connectivity index (χ1n) is 7.26. The van der Waals surface area contributed by atoms with E-state index in [9.17, 15) is 5.11 Å². The molecule has 1 aromatic carbocycles. The van der Waals surface area contributed by atoms with Crippen LogP contribution in [0, 0.1) is 0 Å². The Balaban J connectivity index is 2.94. The highest BCUT2D eigenvalue weighted by Crippen LogP contribution is 2.22. The van der Waals surface area contributed by atoms with Crippen LogP contribution >= 0.6 is 0 Å². The minimum Gasteiger partial charge on any atom is -0.394 e. The maximum Gasteiger partial charge on any atom is 0.0843 e. The summed E-state index contributed by atoms with van der Waals surface area (Å²) in [4.78, 5) is 0. The van der Waals surface area contributed by atoms with E-state index in [-0.39, 0.29) is 18.7 Å². The SMILES string of the molecule is C=C=C([C@@H](CC)N[C@H](CO)c1ccccc1)[Si](C)(C)C. The van der Waals surface area contributed by atoms with Crippen LogP contribution < -0.4 is 5.32 Å². The van der Waals surface area contributed by atoms with E-state index < -0.39 is 8.07 Å². The van der Waals surface area contributed by atoms with Gasteiger partial charge in [0.2, 0.25) is 0 Å². The van der Waals surface area contributed by atoms with Gasteiger partial charge in [-0.25, -0.2) is 0 Å². The first kappa shape index (κ1) is 16.9. The van der Waals surface area contributed by atoms with Crippen LogP contribution in [0.2, 0.25) is 19.6 Å². The van der Waals surface area contributed by atoms with Gasteiger partial charge >= 0.3 is 0 Å².